The number of benzene rings is 1. The van der Waals surface area contributed by atoms with Crippen molar-refractivity contribution in [3.05, 3.63) is 58.2 Å². The molecule has 0 unspecified atom stereocenters. The number of nitrogens with one attached hydrogen (secondary N) is 1. The number of nitrogens with zero attached hydrogens (tertiary/aromatic N) is 1. The van der Waals surface area contributed by atoms with Crippen LogP contribution in [0.3, 0.4) is 0 Å². The fourth-order valence-electron chi connectivity index (χ4n) is 3.89. The first-order valence-electron chi connectivity index (χ1n) is 9.57. The Bertz CT molecular complexity index is 1100. The van der Waals surface area contributed by atoms with E-state index >= 15 is 0 Å². The molecule has 0 aliphatic carbocycles. The quantitative estimate of drug-likeness (QED) is 0.688. The van der Waals surface area contributed by atoms with E-state index in [0.717, 1.165) is 41.7 Å². The lowest BCUT2D eigenvalue weighted by atomic mass is 9.98. The molecule has 0 atom stereocenters. The van der Waals surface area contributed by atoms with Crippen molar-refractivity contribution in [1.82, 2.24) is 0 Å². The largest absolute Gasteiger partial charge is 0.481 e. The second kappa shape index (κ2) is 7.46. The summed E-state index contributed by atoms with van der Waals surface area (Å²) in [5, 5.41) is 9.79. The predicted octanol–water partition coefficient (Wildman–Crippen LogP) is 3.20. The van der Waals surface area contributed by atoms with Gasteiger partial charge in [-0.15, -0.1) is 0 Å². The van der Waals surface area contributed by atoms with E-state index in [1.165, 1.54) is 5.56 Å². The van der Waals surface area contributed by atoms with Crippen LogP contribution >= 0.6 is 0 Å². The second-order valence-corrected chi connectivity index (χ2v) is 7.31. The van der Waals surface area contributed by atoms with Gasteiger partial charge >= 0.3 is 11.6 Å². The number of carbonyl (C=O) groups is 1. The summed E-state index contributed by atoms with van der Waals surface area (Å²) < 4.78 is 5.66. The Hall–Kier alpha value is -3.15. The highest BCUT2D eigenvalue weighted by Crippen LogP contribution is 2.32. The van der Waals surface area contributed by atoms with E-state index < -0.39 is 5.97 Å². The number of pyridine rings is 1. The molecule has 3 heterocycles. The molecule has 0 radical (unpaired) electrons. The molecular weight excluding hydrogens is 356 g/mol. The Balaban J connectivity index is 1.73. The highest BCUT2D eigenvalue weighted by Gasteiger charge is 2.19. The van der Waals surface area contributed by atoms with Gasteiger partial charge in [-0.1, -0.05) is 0 Å². The molecule has 1 aliphatic heterocycles. The van der Waals surface area contributed by atoms with E-state index in [1.807, 2.05) is 37.4 Å². The van der Waals surface area contributed by atoms with Crippen molar-refractivity contribution >= 4 is 22.6 Å². The van der Waals surface area contributed by atoms with Gasteiger partial charge in [0.25, 0.3) is 0 Å². The molecule has 6 heteroatoms. The third-order valence-electron chi connectivity index (χ3n) is 5.22. The molecule has 0 saturated carbocycles. The molecule has 144 valence electrons. The average Bonchev–Trinajstić information content (AvgIpc) is 2.66. The lowest BCUT2D eigenvalue weighted by Crippen LogP contribution is -2.30. The molecule has 0 amide bonds. The number of aryl methyl sites for hydroxylation is 2. The SMILES string of the molecule is Cc1cc(-c2cc3cc4c(cc3oc2=O)N(CCCC(=O)O)CCC4)cc[nH+]1. The number of aromatic amines is 1. The fraction of sp³-hybridized carbons (Fsp3) is 0.318. The lowest BCUT2D eigenvalue weighted by Gasteiger charge is -2.31. The molecule has 2 aromatic heterocycles. The number of H-pyrrole nitrogens is 1. The zero-order valence-corrected chi connectivity index (χ0v) is 15.8. The Kier molecular flexibility index (Phi) is 4.86. The first-order valence-corrected chi connectivity index (χ1v) is 9.57. The van der Waals surface area contributed by atoms with Crippen LogP contribution in [0.2, 0.25) is 0 Å². The minimum absolute atomic E-state index is 0.159. The van der Waals surface area contributed by atoms with Gasteiger partial charge in [0.15, 0.2) is 11.9 Å². The number of rotatable bonds is 5. The van der Waals surface area contributed by atoms with Crippen LogP contribution in [0.5, 0.6) is 0 Å². The van der Waals surface area contributed by atoms with Crippen molar-refractivity contribution in [2.75, 3.05) is 18.0 Å². The number of aliphatic carboxylic acids is 1. The summed E-state index contributed by atoms with van der Waals surface area (Å²) in [6, 6.07) is 9.73. The zero-order valence-electron chi connectivity index (χ0n) is 15.8. The maximum absolute atomic E-state index is 12.6. The van der Waals surface area contributed by atoms with Gasteiger partial charge in [0.1, 0.15) is 5.58 Å². The normalized spacial score (nSPS) is 13.5. The Morgan fingerprint density at radius 2 is 2.14 bits per heavy atom. The zero-order chi connectivity index (χ0) is 19.7. The molecule has 1 aromatic carbocycles. The first-order chi connectivity index (χ1) is 13.5. The standard InChI is InChI=1S/C22H22N2O4/c1-14-10-15(6-7-23-14)18-12-17-11-16-4-2-8-24(9-3-5-21(25)26)19(16)13-20(17)28-22(18)27/h6-7,10-13H,2-5,8-9H2,1H3,(H,25,26)/p+1. The van der Waals surface area contributed by atoms with Gasteiger partial charge in [-0.3, -0.25) is 4.79 Å². The van der Waals surface area contributed by atoms with Crippen LogP contribution in [-0.2, 0) is 11.2 Å². The van der Waals surface area contributed by atoms with Crippen molar-refractivity contribution in [3.8, 4) is 11.1 Å². The van der Waals surface area contributed by atoms with Gasteiger partial charge in [-0.2, -0.15) is 0 Å². The fourth-order valence-corrected chi connectivity index (χ4v) is 3.89. The van der Waals surface area contributed by atoms with Crippen LogP contribution in [0.15, 0.2) is 45.7 Å². The van der Waals surface area contributed by atoms with Crippen molar-refractivity contribution in [3.63, 3.8) is 0 Å². The summed E-state index contributed by atoms with van der Waals surface area (Å²) in [6.07, 6.45) is 4.57. The third kappa shape index (κ3) is 3.63. The minimum atomic E-state index is -0.775. The van der Waals surface area contributed by atoms with E-state index in [1.54, 1.807) is 0 Å². The predicted molar refractivity (Wildman–Crippen MR) is 107 cm³/mol. The highest BCUT2D eigenvalue weighted by atomic mass is 16.4. The van der Waals surface area contributed by atoms with Crippen LogP contribution in [0, 0.1) is 6.92 Å². The summed E-state index contributed by atoms with van der Waals surface area (Å²) >= 11 is 0. The van der Waals surface area contributed by atoms with E-state index in [2.05, 4.69) is 16.0 Å². The van der Waals surface area contributed by atoms with Gasteiger partial charge in [0, 0.05) is 61.3 Å². The third-order valence-corrected chi connectivity index (χ3v) is 5.22. The van der Waals surface area contributed by atoms with Gasteiger partial charge < -0.3 is 14.4 Å². The molecule has 3 aromatic rings. The number of carboxylic acid groups (broad SMARTS) is 1. The van der Waals surface area contributed by atoms with E-state index in [-0.39, 0.29) is 12.0 Å². The Morgan fingerprint density at radius 3 is 2.93 bits per heavy atom. The van der Waals surface area contributed by atoms with Crippen LogP contribution in [0.1, 0.15) is 30.5 Å². The molecule has 0 fully saturated rings. The molecular formula is C22H23N2O4+. The number of fused-ring (bicyclic) bond motifs is 2. The van der Waals surface area contributed by atoms with Crippen LogP contribution in [0.25, 0.3) is 22.1 Å². The van der Waals surface area contributed by atoms with Crippen molar-refractivity contribution in [2.45, 2.75) is 32.6 Å². The summed E-state index contributed by atoms with van der Waals surface area (Å²) in [6.45, 7) is 3.52. The van der Waals surface area contributed by atoms with E-state index in [0.29, 0.717) is 24.1 Å². The summed E-state index contributed by atoms with van der Waals surface area (Å²) in [5.74, 6) is -0.775. The highest BCUT2D eigenvalue weighted by molar-refractivity contribution is 5.86. The van der Waals surface area contributed by atoms with Gasteiger partial charge in [0.2, 0.25) is 0 Å². The molecule has 0 spiro atoms. The number of carboxylic acids is 1. The molecule has 4 rings (SSSR count). The van der Waals surface area contributed by atoms with Gasteiger partial charge in [0.05, 0.1) is 5.56 Å². The maximum atomic E-state index is 12.6. The molecule has 0 saturated heterocycles. The number of hydrogen-bond donors (Lipinski definition) is 1. The summed E-state index contributed by atoms with van der Waals surface area (Å²) in [7, 11) is 0. The molecule has 2 N–H and O–H groups in total. The number of aromatic nitrogens is 1. The van der Waals surface area contributed by atoms with Crippen LogP contribution in [0.4, 0.5) is 5.69 Å². The molecule has 0 bridgehead atoms. The number of anilines is 1. The van der Waals surface area contributed by atoms with Crippen molar-refractivity contribution in [1.29, 1.82) is 0 Å². The minimum Gasteiger partial charge on any atom is -0.481 e. The van der Waals surface area contributed by atoms with Crippen LogP contribution in [-0.4, -0.2) is 24.2 Å². The maximum Gasteiger partial charge on any atom is 0.344 e. The molecule has 28 heavy (non-hydrogen) atoms. The second-order valence-electron chi connectivity index (χ2n) is 7.31. The number of hydrogen-bond acceptors (Lipinski definition) is 4. The topological polar surface area (TPSA) is 84.9 Å². The molecule has 6 nitrogen and oxygen atoms in total. The van der Waals surface area contributed by atoms with Crippen molar-refractivity contribution < 1.29 is 19.3 Å². The smallest absolute Gasteiger partial charge is 0.344 e. The summed E-state index contributed by atoms with van der Waals surface area (Å²) in [4.78, 5) is 28.7. The lowest BCUT2D eigenvalue weighted by molar-refractivity contribution is -0.387. The van der Waals surface area contributed by atoms with E-state index in [9.17, 15) is 9.59 Å². The first kappa shape index (κ1) is 18.2. The summed E-state index contributed by atoms with van der Waals surface area (Å²) in [5.41, 5.74) is 4.83. The Morgan fingerprint density at radius 1 is 1.29 bits per heavy atom. The van der Waals surface area contributed by atoms with Crippen LogP contribution < -0.4 is 15.5 Å². The van der Waals surface area contributed by atoms with E-state index in [4.69, 9.17) is 9.52 Å². The van der Waals surface area contributed by atoms with Gasteiger partial charge in [-0.05, 0) is 37.0 Å². The Labute approximate surface area is 162 Å². The molecule has 1 aliphatic rings. The van der Waals surface area contributed by atoms with Gasteiger partial charge in [-0.25, -0.2) is 9.78 Å². The van der Waals surface area contributed by atoms with Crippen molar-refractivity contribution in [2.24, 2.45) is 0 Å². The monoisotopic (exact) mass is 379 g/mol. The average molecular weight is 379 g/mol.